The molecular weight excluding hydrogens is 256 g/mol. The molecule has 0 aliphatic carbocycles. The first-order valence-corrected chi connectivity index (χ1v) is 6.15. The quantitative estimate of drug-likeness (QED) is 0.721. The maximum absolute atomic E-state index is 11.2. The van der Waals surface area contributed by atoms with Crippen molar-refractivity contribution in [1.82, 2.24) is 4.98 Å². The van der Waals surface area contributed by atoms with E-state index in [0.29, 0.717) is 29.4 Å². The zero-order valence-corrected chi connectivity index (χ0v) is 11.1. The summed E-state index contributed by atoms with van der Waals surface area (Å²) in [5, 5.41) is 3.09. The lowest BCUT2D eigenvalue weighted by Crippen LogP contribution is -2.11. The van der Waals surface area contributed by atoms with Gasteiger partial charge >= 0.3 is 0 Å². The van der Waals surface area contributed by atoms with Crippen molar-refractivity contribution >= 4 is 23.0 Å². The van der Waals surface area contributed by atoms with Crippen LogP contribution in [-0.2, 0) is 0 Å². The summed E-state index contributed by atoms with van der Waals surface area (Å²) in [7, 11) is 0. The molecule has 1 heterocycles. The van der Waals surface area contributed by atoms with E-state index in [1.165, 1.54) is 0 Å². The van der Waals surface area contributed by atoms with Crippen LogP contribution >= 0.6 is 0 Å². The molecule has 2 aromatic rings. The molecule has 0 saturated heterocycles. The minimum Gasteiger partial charge on any atom is -0.478 e. The molecule has 1 aromatic heterocycles. The van der Waals surface area contributed by atoms with E-state index in [4.69, 9.17) is 16.2 Å². The number of ether oxygens (including phenoxy) is 1. The highest BCUT2D eigenvalue weighted by Gasteiger charge is 2.06. The number of pyridine rings is 1. The molecule has 104 valence electrons. The average Bonchev–Trinajstić information content (AvgIpc) is 2.43. The lowest BCUT2D eigenvalue weighted by atomic mass is 10.1. The van der Waals surface area contributed by atoms with Gasteiger partial charge in [-0.05, 0) is 31.2 Å². The third-order valence-electron chi connectivity index (χ3n) is 2.65. The van der Waals surface area contributed by atoms with Crippen molar-refractivity contribution in [2.75, 3.05) is 17.7 Å². The fourth-order valence-electron chi connectivity index (χ4n) is 1.66. The van der Waals surface area contributed by atoms with Crippen LogP contribution in [0.4, 0.5) is 17.1 Å². The van der Waals surface area contributed by atoms with E-state index in [2.05, 4.69) is 10.3 Å². The fraction of sp³-hybridized carbons (Fsp3) is 0.143. The van der Waals surface area contributed by atoms with E-state index in [9.17, 15) is 4.79 Å². The van der Waals surface area contributed by atoms with Crippen molar-refractivity contribution in [3.05, 3.63) is 42.1 Å². The Morgan fingerprint density at radius 2 is 2.15 bits per heavy atom. The molecular formula is C14H16N4O2. The summed E-state index contributed by atoms with van der Waals surface area (Å²) >= 11 is 0. The van der Waals surface area contributed by atoms with E-state index < -0.39 is 5.91 Å². The number of aromatic nitrogens is 1. The number of primary amides is 1. The Morgan fingerprint density at radius 3 is 2.75 bits per heavy atom. The van der Waals surface area contributed by atoms with E-state index in [1.807, 2.05) is 13.0 Å². The van der Waals surface area contributed by atoms with Gasteiger partial charge in [0.1, 0.15) is 0 Å². The number of carbonyl (C=O) groups is 1. The first kappa shape index (κ1) is 13.7. The van der Waals surface area contributed by atoms with Crippen LogP contribution in [0.2, 0.25) is 0 Å². The zero-order valence-electron chi connectivity index (χ0n) is 11.1. The summed E-state index contributed by atoms with van der Waals surface area (Å²) in [6.07, 6.45) is 1.63. The Morgan fingerprint density at radius 1 is 1.35 bits per heavy atom. The molecule has 1 aromatic carbocycles. The number of nitrogens with one attached hydrogen (secondary N) is 1. The fourth-order valence-corrected chi connectivity index (χ4v) is 1.66. The van der Waals surface area contributed by atoms with E-state index in [-0.39, 0.29) is 0 Å². The zero-order chi connectivity index (χ0) is 14.5. The predicted molar refractivity (Wildman–Crippen MR) is 78.1 cm³/mol. The second-order valence-corrected chi connectivity index (χ2v) is 4.11. The van der Waals surface area contributed by atoms with Gasteiger partial charge in [0.2, 0.25) is 11.8 Å². The van der Waals surface area contributed by atoms with Crippen molar-refractivity contribution in [2.45, 2.75) is 6.92 Å². The van der Waals surface area contributed by atoms with Gasteiger partial charge in [-0.15, -0.1) is 0 Å². The summed E-state index contributed by atoms with van der Waals surface area (Å²) in [5.41, 5.74) is 13.3. The second-order valence-electron chi connectivity index (χ2n) is 4.11. The monoisotopic (exact) mass is 272 g/mol. The van der Waals surface area contributed by atoms with Crippen molar-refractivity contribution in [3.8, 4) is 5.88 Å². The van der Waals surface area contributed by atoms with Crippen LogP contribution in [0.1, 0.15) is 17.3 Å². The maximum atomic E-state index is 11.2. The molecule has 0 atom stereocenters. The van der Waals surface area contributed by atoms with Crippen LogP contribution in [0, 0.1) is 0 Å². The molecule has 0 fully saturated rings. The first-order chi connectivity index (χ1) is 9.60. The molecule has 6 heteroatoms. The van der Waals surface area contributed by atoms with Gasteiger partial charge in [-0.2, -0.15) is 0 Å². The molecule has 0 spiro atoms. The predicted octanol–water partition coefficient (Wildman–Crippen LogP) is 1.90. The van der Waals surface area contributed by atoms with Crippen molar-refractivity contribution in [2.24, 2.45) is 5.73 Å². The number of nitrogens with two attached hydrogens (primary N) is 2. The number of carbonyl (C=O) groups excluding carboxylic acids is 1. The lowest BCUT2D eigenvalue weighted by Gasteiger charge is -2.10. The second kappa shape index (κ2) is 5.92. The maximum Gasteiger partial charge on any atom is 0.248 e. The number of hydrogen-bond donors (Lipinski definition) is 3. The van der Waals surface area contributed by atoms with E-state index >= 15 is 0 Å². The topological polar surface area (TPSA) is 103 Å². The molecule has 6 nitrogen and oxygen atoms in total. The van der Waals surface area contributed by atoms with Crippen molar-refractivity contribution < 1.29 is 9.53 Å². The van der Waals surface area contributed by atoms with Crippen LogP contribution in [-0.4, -0.2) is 17.5 Å². The summed E-state index contributed by atoms with van der Waals surface area (Å²) in [6, 6.07) is 8.38. The standard InChI is InChI=1S/C14H16N4O2/c1-2-20-13-6-4-10(8-17-13)18-12-7-9(14(16)19)3-5-11(12)15/h3-8,18H,2,15H2,1H3,(H2,16,19). The highest BCUT2D eigenvalue weighted by atomic mass is 16.5. The molecule has 0 unspecified atom stereocenters. The number of benzene rings is 1. The molecule has 1 amide bonds. The highest BCUT2D eigenvalue weighted by Crippen LogP contribution is 2.24. The average molecular weight is 272 g/mol. The molecule has 0 aliphatic rings. The molecule has 20 heavy (non-hydrogen) atoms. The van der Waals surface area contributed by atoms with Gasteiger partial charge in [0, 0.05) is 11.6 Å². The van der Waals surface area contributed by atoms with E-state index in [0.717, 1.165) is 5.69 Å². The van der Waals surface area contributed by atoms with Crippen LogP contribution in [0.5, 0.6) is 5.88 Å². The SMILES string of the molecule is CCOc1ccc(Nc2cc(C(N)=O)ccc2N)cn1. The number of amides is 1. The molecule has 0 aliphatic heterocycles. The van der Waals surface area contributed by atoms with Gasteiger partial charge in [-0.3, -0.25) is 4.79 Å². The number of nitrogen functional groups attached to an aromatic ring is 1. The Balaban J connectivity index is 2.20. The minimum atomic E-state index is -0.502. The van der Waals surface area contributed by atoms with E-state index in [1.54, 1.807) is 30.5 Å². The first-order valence-electron chi connectivity index (χ1n) is 6.15. The molecule has 2 rings (SSSR count). The highest BCUT2D eigenvalue weighted by molar-refractivity contribution is 5.95. The van der Waals surface area contributed by atoms with Gasteiger partial charge < -0.3 is 21.5 Å². The van der Waals surface area contributed by atoms with Gasteiger partial charge in [-0.25, -0.2) is 4.98 Å². The normalized spacial score (nSPS) is 10.1. The Bertz CT molecular complexity index is 611. The molecule has 5 N–H and O–H groups in total. The summed E-state index contributed by atoms with van der Waals surface area (Å²) in [5.74, 6) is 0.0507. The molecule has 0 saturated carbocycles. The van der Waals surface area contributed by atoms with Gasteiger partial charge in [0.05, 0.1) is 29.9 Å². The van der Waals surface area contributed by atoms with Crippen LogP contribution in [0.25, 0.3) is 0 Å². The number of nitrogens with zero attached hydrogens (tertiary/aromatic N) is 1. The largest absolute Gasteiger partial charge is 0.478 e. The smallest absolute Gasteiger partial charge is 0.248 e. The van der Waals surface area contributed by atoms with Crippen LogP contribution < -0.4 is 21.5 Å². The minimum absolute atomic E-state index is 0.389. The third kappa shape index (κ3) is 3.17. The number of hydrogen-bond acceptors (Lipinski definition) is 5. The number of rotatable bonds is 5. The van der Waals surface area contributed by atoms with Crippen LogP contribution in [0.15, 0.2) is 36.5 Å². The summed E-state index contributed by atoms with van der Waals surface area (Å²) in [6.45, 7) is 2.46. The molecule has 0 radical (unpaired) electrons. The van der Waals surface area contributed by atoms with Crippen molar-refractivity contribution in [1.29, 1.82) is 0 Å². The van der Waals surface area contributed by atoms with Gasteiger partial charge in [0.15, 0.2) is 0 Å². The Kier molecular flexibility index (Phi) is 4.05. The van der Waals surface area contributed by atoms with Crippen LogP contribution in [0.3, 0.4) is 0 Å². The Hall–Kier alpha value is -2.76. The lowest BCUT2D eigenvalue weighted by molar-refractivity contribution is 0.100. The van der Waals surface area contributed by atoms with Gasteiger partial charge in [-0.1, -0.05) is 0 Å². The summed E-state index contributed by atoms with van der Waals surface area (Å²) < 4.78 is 5.26. The van der Waals surface area contributed by atoms with Gasteiger partial charge in [0.25, 0.3) is 0 Å². The number of anilines is 3. The van der Waals surface area contributed by atoms with Crippen molar-refractivity contribution in [3.63, 3.8) is 0 Å². The third-order valence-corrected chi connectivity index (χ3v) is 2.65. The Labute approximate surface area is 116 Å². The summed E-state index contributed by atoms with van der Waals surface area (Å²) in [4.78, 5) is 15.3. The molecule has 0 bridgehead atoms.